The fourth-order valence-corrected chi connectivity index (χ4v) is 3.96. The van der Waals surface area contributed by atoms with E-state index in [9.17, 15) is 9.59 Å². The molecule has 7 heteroatoms. The summed E-state index contributed by atoms with van der Waals surface area (Å²) in [5.74, 6) is 1.37. The first kappa shape index (κ1) is 18.4. The summed E-state index contributed by atoms with van der Waals surface area (Å²) >= 11 is 0. The summed E-state index contributed by atoms with van der Waals surface area (Å²) in [6.07, 6.45) is 7.10. The average Bonchev–Trinajstić information content (AvgIpc) is 3.21. The van der Waals surface area contributed by atoms with Crippen molar-refractivity contribution in [3.8, 4) is 0 Å². The number of fused-ring (bicyclic) bond motifs is 1. The molecule has 2 aromatic heterocycles. The van der Waals surface area contributed by atoms with Crippen molar-refractivity contribution in [2.75, 3.05) is 26.8 Å². The van der Waals surface area contributed by atoms with Gasteiger partial charge in [-0.05, 0) is 18.9 Å². The third-order valence-electron chi connectivity index (χ3n) is 5.47. The molecule has 28 heavy (non-hydrogen) atoms. The molecule has 4 rings (SSSR count). The lowest BCUT2D eigenvalue weighted by Crippen LogP contribution is -2.38. The molecular weight excluding hydrogens is 356 g/mol. The fraction of sp³-hybridized carbons (Fsp3) is 0.381. The molecule has 0 aliphatic carbocycles. The van der Waals surface area contributed by atoms with Crippen LogP contribution in [-0.4, -0.2) is 52.1 Å². The molecule has 0 saturated carbocycles. The maximum absolute atomic E-state index is 13.1. The standard InChI is InChI=1S/C21H24N4O3/c1-28-13-12-24-11-8-22-19(24)15-6-9-25(10-7-15)21(27)18-14-23-20(26)17-5-3-2-4-16(17)18/h2-5,8,11,14-15H,6-7,9-10,12-13H2,1H3,(H,23,26). The van der Waals surface area contributed by atoms with Gasteiger partial charge in [-0.25, -0.2) is 4.98 Å². The van der Waals surface area contributed by atoms with Crippen LogP contribution in [0.2, 0.25) is 0 Å². The Bertz CT molecular complexity index is 1030. The first-order valence-electron chi connectivity index (χ1n) is 9.58. The third kappa shape index (κ3) is 3.45. The molecule has 3 aromatic rings. The minimum absolute atomic E-state index is 0.0337. The SMILES string of the molecule is COCCn1ccnc1C1CCN(C(=O)c2c[nH]c(=O)c3ccccc23)CC1. The average molecular weight is 380 g/mol. The number of H-pyrrole nitrogens is 1. The summed E-state index contributed by atoms with van der Waals surface area (Å²) in [5.41, 5.74) is 0.379. The van der Waals surface area contributed by atoms with E-state index < -0.39 is 0 Å². The molecule has 1 fully saturated rings. The summed E-state index contributed by atoms with van der Waals surface area (Å²) < 4.78 is 7.31. The van der Waals surface area contributed by atoms with Crippen LogP contribution in [0.15, 0.2) is 47.7 Å². The number of likely N-dealkylation sites (tertiary alicyclic amines) is 1. The van der Waals surface area contributed by atoms with E-state index in [0.29, 0.717) is 42.0 Å². The molecule has 0 unspecified atom stereocenters. The van der Waals surface area contributed by atoms with Gasteiger partial charge in [0, 0.05) is 62.0 Å². The molecule has 0 spiro atoms. The molecule has 1 saturated heterocycles. The van der Waals surface area contributed by atoms with Crippen molar-refractivity contribution in [2.24, 2.45) is 0 Å². The predicted octanol–water partition coefficient (Wildman–Crippen LogP) is 2.39. The number of rotatable bonds is 5. The molecule has 0 atom stereocenters. The van der Waals surface area contributed by atoms with Crippen LogP contribution in [0.1, 0.15) is 34.9 Å². The smallest absolute Gasteiger partial charge is 0.255 e. The van der Waals surface area contributed by atoms with Crippen molar-refractivity contribution in [1.82, 2.24) is 19.4 Å². The Labute approximate surface area is 163 Å². The number of imidazole rings is 1. The van der Waals surface area contributed by atoms with Crippen LogP contribution in [0.5, 0.6) is 0 Å². The highest BCUT2D eigenvalue weighted by atomic mass is 16.5. The van der Waals surface area contributed by atoms with Crippen LogP contribution < -0.4 is 5.56 Å². The van der Waals surface area contributed by atoms with Crippen molar-refractivity contribution in [1.29, 1.82) is 0 Å². The number of carbonyl (C=O) groups is 1. The van der Waals surface area contributed by atoms with Gasteiger partial charge in [-0.2, -0.15) is 0 Å². The normalized spacial score (nSPS) is 15.2. The highest BCUT2D eigenvalue weighted by Gasteiger charge is 2.27. The molecule has 1 aliphatic rings. The van der Waals surface area contributed by atoms with Crippen molar-refractivity contribution >= 4 is 16.7 Å². The van der Waals surface area contributed by atoms with Gasteiger partial charge in [0.1, 0.15) is 5.82 Å². The Hall–Kier alpha value is -2.93. The number of methoxy groups -OCH3 is 1. The second-order valence-electron chi connectivity index (χ2n) is 7.12. The Morgan fingerprint density at radius 1 is 1.25 bits per heavy atom. The van der Waals surface area contributed by atoms with Gasteiger partial charge in [0.25, 0.3) is 11.5 Å². The minimum Gasteiger partial charge on any atom is -0.383 e. The van der Waals surface area contributed by atoms with E-state index in [-0.39, 0.29) is 11.5 Å². The number of piperidine rings is 1. The maximum atomic E-state index is 13.1. The number of ether oxygens (including phenoxy) is 1. The Balaban J connectivity index is 1.49. The summed E-state index contributed by atoms with van der Waals surface area (Å²) in [7, 11) is 1.70. The van der Waals surface area contributed by atoms with Gasteiger partial charge in [-0.3, -0.25) is 9.59 Å². The van der Waals surface area contributed by atoms with Crippen LogP contribution in [-0.2, 0) is 11.3 Å². The molecule has 1 N–H and O–H groups in total. The number of aromatic amines is 1. The van der Waals surface area contributed by atoms with E-state index in [1.807, 2.05) is 35.5 Å². The van der Waals surface area contributed by atoms with Crippen molar-refractivity contribution in [3.63, 3.8) is 0 Å². The number of nitrogens with one attached hydrogen (secondary N) is 1. The number of amides is 1. The second-order valence-corrected chi connectivity index (χ2v) is 7.12. The van der Waals surface area contributed by atoms with E-state index >= 15 is 0 Å². The molecule has 1 aliphatic heterocycles. The molecule has 0 bridgehead atoms. The number of aromatic nitrogens is 3. The molecule has 7 nitrogen and oxygen atoms in total. The summed E-state index contributed by atoms with van der Waals surface area (Å²) in [6.45, 7) is 2.79. The zero-order valence-electron chi connectivity index (χ0n) is 15.9. The number of hydrogen-bond donors (Lipinski definition) is 1. The largest absolute Gasteiger partial charge is 0.383 e. The zero-order valence-corrected chi connectivity index (χ0v) is 15.9. The van der Waals surface area contributed by atoms with Crippen LogP contribution in [0.3, 0.4) is 0 Å². The monoisotopic (exact) mass is 380 g/mol. The number of benzene rings is 1. The van der Waals surface area contributed by atoms with E-state index in [2.05, 4.69) is 14.5 Å². The Morgan fingerprint density at radius 3 is 2.75 bits per heavy atom. The molecule has 3 heterocycles. The van der Waals surface area contributed by atoms with E-state index in [1.165, 1.54) is 6.20 Å². The van der Waals surface area contributed by atoms with Crippen LogP contribution >= 0.6 is 0 Å². The summed E-state index contributed by atoms with van der Waals surface area (Å²) in [4.78, 5) is 34.2. The molecular formula is C21H24N4O3. The predicted molar refractivity (Wildman–Crippen MR) is 107 cm³/mol. The van der Waals surface area contributed by atoms with E-state index in [1.54, 1.807) is 13.2 Å². The first-order chi connectivity index (χ1) is 13.7. The van der Waals surface area contributed by atoms with Gasteiger partial charge in [0.2, 0.25) is 0 Å². The maximum Gasteiger partial charge on any atom is 0.255 e. The molecule has 0 radical (unpaired) electrons. The van der Waals surface area contributed by atoms with Gasteiger partial charge in [0.15, 0.2) is 0 Å². The molecule has 1 aromatic carbocycles. The topological polar surface area (TPSA) is 80.2 Å². The van der Waals surface area contributed by atoms with Crippen LogP contribution in [0.4, 0.5) is 0 Å². The highest BCUT2D eigenvalue weighted by Crippen LogP contribution is 2.28. The van der Waals surface area contributed by atoms with E-state index in [4.69, 9.17) is 4.74 Å². The third-order valence-corrected chi connectivity index (χ3v) is 5.47. The molecule has 146 valence electrons. The Kier molecular flexibility index (Phi) is 5.25. The first-order valence-corrected chi connectivity index (χ1v) is 9.58. The van der Waals surface area contributed by atoms with E-state index in [0.717, 1.165) is 25.2 Å². The quantitative estimate of drug-likeness (QED) is 0.737. The van der Waals surface area contributed by atoms with Gasteiger partial charge in [0.05, 0.1) is 12.2 Å². The lowest BCUT2D eigenvalue weighted by Gasteiger charge is -2.32. The van der Waals surface area contributed by atoms with Crippen LogP contribution in [0, 0.1) is 0 Å². The number of carbonyl (C=O) groups excluding carboxylic acids is 1. The zero-order chi connectivity index (χ0) is 19.5. The highest BCUT2D eigenvalue weighted by molar-refractivity contribution is 6.06. The van der Waals surface area contributed by atoms with Crippen molar-refractivity contribution in [3.05, 3.63) is 64.6 Å². The minimum atomic E-state index is -0.172. The van der Waals surface area contributed by atoms with Gasteiger partial charge in [-0.1, -0.05) is 18.2 Å². The second kappa shape index (κ2) is 7.98. The number of nitrogens with zero attached hydrogens (tertiary/aromatic N) is 3. The lowest BCUT2D eigenvalue weighted by molar-refractivity contribution is 0.0711. The van der Waals surface area contributed by atoms with Crippen LogP contribution in [0.25, 0.3) is 10.8 Å². The van der Waals surface area contributed by atoms with Gasteiger partial charge in [-0.15, -0.1) is 0 Å². The van der Waals surface area contributed by atoms with Crippen molar-refractivity contribution in [2.45, 2.75) is 25.3 Å². The molecule has 1 amide bonds. The van der Waals surface area contributed by atoms with Crippen molar-refractivity contribution < 1.29 is 9.53 Å². The fourth-order valence-electron chi connectivity index (χ4n) is 3.96. The number of hydrogen-bond acceptors (Lipinski definition) is 4. The summed E-state index contributed by atoms with van der Waals surface area (Å²) in [5, 5.41) is 1.25. The number of pyridine rings is 1. The van der Waals surface area contributed by atoms with Gasteiger partial charge >= 0.3 is 0 Å². The summed E-state index contributed by atoms with van der Waals surface area (Å²) in [6, 6.07) is 7.24. The Morgan fingerprint density at radius 2 is 2.00 bits per heavy atom. The van der Waals surface area contributed by atoms with Gasteiger partial charge < -0.3 is 19.2 Å². The lowest BCUT2D eigenvalue weighted by atomic mass is 9.95.